The van der Waals surface area contributed by atoms with E-state index in [1.54, 1.807) is 18.0 Å². The van der Waals surface area contributed by atoms with E-state index < -0.39 is 5.97 Å². The van der Waals surface area contributed by atoms with Crippen LogP contribution in [-0.4, -0.2) is 31.9 Å². The molecule has 0 saturated heterocycles. The number of carbonyl (C=O) groups excluding carboxylic acids is 1. The number of carboxylic acids is 1. The monoisotopic (exact) mass is 376 g/mol. The van der Waals surface area contributed by atoms with Gasteiger partial charge in [0.25, 0.3) is 5.91 Å². The van der Waals surface area contributed by atoms with Crippen molar-refractivity contribution in [3.63, 3.8) is 0 Å². The van der Waals surface area contributed by atoms with Gasteiger partial charge in [0.15, 0.2) is 0 Å². The number of carbonyl (C=O) groups is 2. The van der Waals surface area contributed by atoms with Gasteiger partial charge in [0, 0.05) is 23.9 Å². The largest absolute Gasteiger partial charge is 0.478 e. The van der Waals surface area contributed by atoms with Gasteiger partial charge in [-0.3, -0.25) is 4.79 Å². The van der Waals surface area contributed by atoms with Crippen LogP contribution in [0.1, 0.15) is 37.7 Å². The molecule has 28 heavy (non-hydrogen) atoms. The normalized spacial score (nSPS) is 10.5. The van der Waals surface area contributed by atoms with E-state index in [0.29, 0.717) is 29.3 Å². The molecule has 0 fully saturated rings. The highest BCUT2D eigenvalue weighted by molar-refractivity contribution is 5.95. The van der Waals surface area contributed by atoms with Crippen molar-refractivity contribution in [1.82, 2.24) is 14.9 Å². The van der Waals surface area contributed by atoms with Crippen molar-refractivity contribution in [1.29, 1.82) is 0 Å². The van der Waals surface area contributed by atoms with Crippen LogP contribution in [0.15, 0.2) is 60.8 Å². The third-order valence-electron chi connectivity index (χ3n) is 4.26. The lowest BCUT2D eigenvalue weighted by atomic mass is 10.1. The summed E-state index contributed by atoms with van der Waals surface area (Å²) in [5.74, 6) is -0.378. The number of anilines is 1. The molecule has 3 aromatic rings. The minimum atomic E-state index is -1.04. The summed E-state index contributed by atoms with van der Waals surface area (Å²) < 4.78 is 0. The molecule has 142 valence electrons. The van der Waals surface area contributed by atoms with Crippen LogP contribution in [0, 0.1) is 6.92 Å². The van der Waals surface area contributed by atoms with Gasteiger partial charge >= 0.3 is 5.97 Å². The van der Waals surface area contributed by atoms with Gasteiger partial charge in [-0.05, 0) is 36.8 Å². The van der Waals surface area contributed by atoms with Crippen LogP contribution in [0.4, 0.5) is 5.82 Å². The van der Waals surface area contributed by atoms with Crippen molar-refractivity contribution < 1.29 is 14.7 Å². The molecular weight excluding hydrogens is 356 g/mol. The second-order valence-electron chi connectivity index (χ2n) is 6.36. The van der Waals surface area contributed by atoms with Gasteiger partial charge in [0.1, 0.15) is 11.6 Å². The molecule has 0 bridgehead atoms. The molecule has 0 spiro atoms. The topological polar surface area (TPSA) is 109 Å². The van der Waals surface area contributed by atoms with Crippen LogP contribution in [0.2, 0.25) is 0 Å². The Balaban J connectivity index is 1.90. The Labute approximate surface area is 162 Å². The van der Waals surface area contributed by atoms with Crippen molar-refractivity contribution >= 4 is 17.7 Å². The molecule has 0 aliphatic carbocycles. The molecular formula is C21H20N4O3. The molecule has 3 N–H and O–H groups in total. The van der Waals surface area contributed by atoms with Gasteiger partial charge < -0.3 is 15.7 Å². The number of aryl methyl sites for hydroxylation is 1. The van der Waals surface area contributed by atoms with Crippen LogP contribution in [0.5, 0.6) is 0 Å². The highest BCUT2D eigenvalue weighted by Crippen LogP contribution is 2.17. The van der Waals surface area contributed by atoms with Crippen molar-refractivity contribution in [2.24, 2.45) is 0 Å². The number of rotatable bonds is 6. The Morgan fingerprint density at radius 1 is 1.00 bits per heavy atom. The van der Waals surface area contributed by atoms with Crippen molar-refractivity contribution in [2.75, 3.05) is 5.73 Å². The molecule has 1 amide bonds. The molecule has 7 heteroatoms. The zero-order chi connectivity index (χ0) is 20.1. The van der Waals surface area contributed by atoms with Gasteiger partial charge in [-0.2, -0.15) is 0 Å². The van der Waals surface area contributed by atoms with Gasteiger partial charge in [-0.25, -0.2) is 14.8 Å². The Morgan fingerprint density at radius 3 is 2.25 bits per heavy atom. The first-order chi connectivity index (χ1) is 13.4. The summed E-state index contributed by atoms with van der Waals surface area (Å²) in [6.07, 6.45) is 1.62. The Morgan fingerprint density at radius 2 is 1.64 bits per heavy atom. The second kappa shape index (κ2) is 8.30. The molecule has 1 heterocycles. The highest BCUT2D eigenvalue weighted by atomic mass is 16.4. The van der Waals surface area contributed by atoms with Crippen LogP contribution in [0.25, 0.3) is 0 Å². The van der Waals surface area contributed by atoms with Gasteiger partial charge in [0.2, 0.25) is 0 Å². The molecule has 0 saturated carbocycles. The fourth-order valence-electron chi connectivity index (χ4n) is 2.78. The number of hydrogen-bond donors (Lipinski definition) is 2. The van der Waals surface area contributed by atoms with Crippen LogP contribution in [0.3, 0.4) is 0 Å². The minimum Gasteiger partial charge on any atom is -0.478 e. The lowest BCUT2D eigenvalue weighted by Gasteiger charge is -2.23. The van der Waals surface area contributed by atoms with Crippen LogP contribution in [-0.2, 0) is 13.1 Å². The first-order valence-electron chi connectivity index (χ1n) is 8.68. The van der Waals surface area contributed by atoms with Gasteiger partial charge in [-0.15, -0.1) is 0 Å². The number of carboxylic acid groups (broad SMARTS) is 1. The number of nitrogens with zero attached hydrogens (tertiary/aromatic N) is 3. The van der Waals surface area contributed by atoms with Gasteiger partial charge in [-0.1, -0.05) is 30.3 Å². The summed E-state index contributed by atoms with van der Waals surface area (Å²) in [5.41, 5.74) is 8.14. The first-order valence-corrected chi connectivity index (χ1v) is 8.68. The third kappa shape index (κ3) is 4.50. The zero-order valence-corrected chi connectivity index (χ0v) is 15.4. The quantitative estimate of drug-likeness (QED) is 0.684. The van der Waals surface area contributed by atoms with E-state index >= 15 is 0 Å². The summed E-state index contributed by atoms with van der Waals surface area (Å²) in [6, 6.07) is 15.4. The number of hydrogen-bond acceptors (Lipinski definition) is 5. The number of amides is 1. The van der Waals surface area contributed by atoms with Crippen molar-refractivity contribution in [3.8, 4) is 0 Å². The number of benzene rings is 2. The maximum atomic E-state index is 13.1. The predicted molar refractivity (Wildman–Crippen MR) is 105 cm³/mol. The summed E-state index contributed by atoms with van der Waals surface area (Å²) in [5, 5.41) is 9.04. The van der Waals surface area contributed by atoms with E-state index in [1.165, 1.54) is 24.3 Å². The third-order valence-corrected chi connectivity index (χ3v) is 4.26. The lowest BCUT2D eigenvalue weighted by Crippen LogP contribution is -2.30. The lowest BCUT2D eigenvalue weighted by molar-refractivity contribution is 0.0692. The SMILES string of the molecule is Cc1ncc(CN(Cc2ccccc2)C(=O)c2ccc(C(=O)O)cc2)c(N)n1. The molecule has 0 unspecified atom stereocenters. The molecule has 1 aromatic heterocycles. The van der Waals surface area contributed by atoms with Crippen molar-refractivity contribution in [3.05, 3.63) is 88.9 Å². The molecule has 0 aliphatic rings. The number of nitrogen functional groups attached to an aromatic ring is 1. The van der Waals surface area contributed by atoms with E-state index in [9.17, 15) is 9.59 Å². The summed E-state index contributed by atoms with van der Waals surface area (Å²) >= 11 is 0. The summed E-state index contributed by atoms with van der Waals surface area (Å²) in [6.45, 7) is 2.35. The molecule has 0 radical (unpaired) electrons. The fourth-order valence-corrected chi connectivity index (χ4v) is 2.78. The Kier molecular flexibility index (Phi) is 5.64. The number of nitrogens with two attached hydrogens (primary N) is 1. The Hall–Kier alpha value is -3.74. The van der Waals surface area contributed by atoms with Gasteiger partial charge in [0.05, 0.1) is 12.1 Å². The zero-order valence-electron chi connectivity index (χ0n) is 15.4. The van der Waals surface area contributed by atoms with E-state index in [2.05, 4.69) is 9.97 Å². The molecule has 0 atom stereocenters. The van der Waals surface area contributed by atoms with E-state index in [4.69, 9.17) is 10.8 Å². The van der Waals surface area contributed by atoms with E-state index in [1.807, 2.05) is 30.3 Å². The summed E-state index contributed by atoms with van der Waals surface area (Å²) in [4.78, 5) is 34.1. The molecule has 0 aliphatic heterocycles. The maximum absolute atomic E-state index is 13.1. The molecule has 3 rings (SSSR count). The number of aromatic carboxylic acids is 1. The van der Waals surface area contributed by atoms with Crippen LogP contribution >= 0.6 is 0 Å². The smallest absolute Gasteiger partial charge is 0.335 e. The Bertz CT molecular complexity index is 988. The van der Waals surface area contributed by atoms with E-state index in [0.717, 1.165) is 5.56 Å². The van der Waals surface area contributed by atoms with Crippen molar-refractivity contribution in [2.45, 2.75) is 20.0 Å². The molecule has 7 nitrogen and oxygen atoms in total. The predicted octanol–water partition coefficient (Wildman–Crippen LogP) is 2.91. The molecule has 2 aromatic carbocycles. The summed E-state index contributed by atoms with van der Waals surface area (Å²) in [7, 11) is 0. The fraction of sp³-hybridized carbons (Fsp3) is 0.143. The minimum absolute atomic E-state index is 0.127. The second-order valence-corrected chi connectivity index (χ2v) is 6.36. The highest BCUT2D eigenvalue weighted by Gasteiger charge is 2.19. The van der Waals surface area contributed by atoms with Crippen LogP contribution < -0.4 is 5.73 Å². The average molecular weight is 376 g/mol. The maximum Gasteiger partial charge on any atom is 0.335 e. The van der Waals surface area contributed by atoms with E-state index in [-0.39, 0.29) is 18.0 Å². The number of aromatic nitrogens is 2. The standard InChI is InChI=1S/C21H20N4O3/c1-14-23-11-18(19(22)24-14)13-25(12-15-5-3-2-4-6-15)20(26)16-7-9-17(10-8-16)21(27)28/h2-11H,12-13H2,1H3,(H,27,28)(H2,22,23,24). The first kappa shape index (κ1) is 19.0. The average Bonchev–Trinajstić information content (AvgIpc) is 2.69.